The standard InChI is InChI=1S/C25H32N2O5/c1-19(2)21-13-15-22(16-14-21)32-18-24(29)27-26-23(28)11-6-12-25(30)31-17-7-10-20-8-4-3-5-9-20/h3-5,8-9,13-16,19H,6-7,10-12,17-18H2,1-2H3,(H,26,28)(H,27,29). The van der Waals surface area contributed by atoms with Crippen molar-refractivity contribution in [2.24, 2.45) is 0 Å². The van der Waals surface area contributed by atoms with E-state index >= 15 is 0 Å². The Morgan fingerprint density at radius 2 is 1.53 bits per heavy atom. The highest BCUT2D eigenvalue weighted by Crippen LogP contribution is 2.18. The van der Waals surface area contributed by atoms with E-state index < -0.39 is 5.91 Å². The van der Waals surface area contributed by atoms with Crippen LogP contribution in [-0.2, 0) is 25.5 Å². The fourth-order valence-corrected chi connectivity index (χ4v) is 2.91. The number of nitrogens with one attached hydrogen (secondary N) is 2. The van der Waals surface area contributed by atoms with Crippen LogP contribution in [0.1, 0.15) is 56.6 Å². The lowest BCUT2D eigenvalue weighted by atomic mass is 10.0. The van der Waals surface area contributed by atoms with E-state index in [-0.39, 0.29) is 31.3 Å². The van der Waals surface area contributed by atoms with Crippen molar-refractivity contribution in [1.29, 1.82) is 0 Å². The van der Waals surface area contributed by atoms with Gasteiger partial charge in [0, 0.05) is 12.8 Å². The first-order valence-electron chi connectivity index (χ1n) is 10.9. The summed E-state index contributed by atoms with van der Waals surface area (Å²) < 4.78 is 10.6. The van der Waals surface area contributed by atoms with Gasteiger partial charge >= 0.3 is 5.97 Å². The Hall–Kier alpha value is -3.35. The lowest BCUT2D eigenvalue weighted by Crippen LogP contribution is -2.43. The van der Waals surface area contributed by atoms with Crippen molar-refractivity contribution in [2.75, 3.05) is 13.2 Å². The molecule has 0 heterocycles. The van der Waals surface area contributed by atoms with Crippen molar-refractivity contribution in [1.82, 2.24) is 10.9 Å². The average Bonchev–Trinajstić information content (AvgIpc) is 2.80. The molecule has 0 aliphatic rings. The van der Waals surface area contributed by atoms with Gasteiger partial charge in [-0.3, -0.25) is 25.2 Å². The highest BCUT2D eigenvalue weighted by atomic mass is 16.5. The van der Waals surface area contributed by atoms with E-state index in [1.54, 1.807) is 0 Å². The van der Waals surface area contributed by atoms with Gasteiger partial charge in [-0.1, -0.05) is 56.3 Å². The highest BCUT2D eigenvalue weighted by Gasteiger charge is 2.09. The first-order chi connectivity index (χ1) is 15.4. The van der Waals surface area contributed by atoms with E-state index in [0.29, 0.717) is 24.7 Å². The molecule has 0 aromatic heterocycles. The van der Waals surface area contributed by atoms with E-state index in [0.717, 1.165) is 12.8 Å². The van der Waals surface area contributed by atoms with Gasteiger partial charge in [-0.25, -0.2) is 0 Å². The molecule has 0 unspecified atom stereocenters. The molecular weight excluding hydrogens is 408 g/mol. The molecule has 172 valence electrons. The number of carbonyl (C=O) groups excluding carboxylic acids is 3. The van der Waals surface area contributed by atoms with E-state index in [2.05, 4.69) is 24.7 Å². The maximum atomic E-state index is 11.8. The molecule has 0 aliphatic heterocycles. The first kappa shape index (κ1) is 24.9. The molecule has 0 radical (unpaired) electrons. The first-order valence-corrected chi connectivity index (χ1v) is 10.9. The third kappa shape index (κ3) is 10.1. The van der Waals surface area contributed by atoms with Gasteiger partial charge in [0.2, 0.25) is 5.91 Å². The maximum absolute atomic E-state index is 11.8. The van der Waals surface area contributed by atoms with Gasteiger partial charge in [-0.2, -0.15) is 0 Å². The number of aryl methyl sites for hydroxylation is 1. The molecule has 0 saturated heterocycles. The number of benzene rings is 2. The van der Waals surface area contributed by atoms with Crippen molar-refractivity contribution in [3.8, 4) is 5.75 Å². The Morgan fingerprint density at radius 1 is 0.844 bits per heavy atom. The number of ether oxygens (including phenoxy) is 2. The van der Waals surface area contributed by atoms with Crippen LogP contribution in [0.25, 0.3) is 0 Å². The smallest absolute Gasteiger partial charge is 0.305 e. The lowest BCUT2D eigenvalue weighted by Gasteiger charge is -2.10. The van der Waals surface area contributed by atoms with Gasteiger partial charge in [0.1, 0.15) is 5.75 Å². The summed E-state index contributed by atoms with van der Waals surface area (Å²) in [7, 11) is 0. The van der Waals surface area contributed by atoms with Crippen molar-refractivity contribution in [3.63, 3.8) is 0 Å². The summed E-state index contributed by atoms with van der Waals surface area (Å²) in [6.07, 6.45) is 2.21. The second-order valence-corrected chi connectivity index (χ2v) is 7.77. The van der Waals surface area contributed by atoms with Crippen LogP contribution in [0.15, 0.2) is 54.6 Å². The molecule has 0 bridgehead atoms. The largest absolute Gasteiger partial charge is 0.484 e. The molecule has 0 aliphatic carbocycles. The van der Waals surface area contributed by atoms with Crippen molar-refractivity contribution in [2.45, 2.75) is 51.9 Å². The highest BCUT2D eigenvalue weighted by molar-refractivity contribution is 5.83. The van der Waals surface area contributed by atoms with E-state index in [9.17, 15) is 14.4 Å². The van der Waals surface area contributed by atoms with Crippen LogP contribution in [0.3, 0.4) is 0 Å². The number of amides is 2. The minimum atomic E-state index is -0.468. The van der Waals surface area contributed by atoms with Crippen LogP contribution in [0.5, 0.6) is 5.75 Å². The van der Waals surface area contributed by atoms with Crippen LogP contribution >= 0.6 is 0 Å². The molecule has 7 heteroatoms. The van der Waals surface area contributed by atoms with Crippen LogP contribution in [-0.4, -0.2) is 31.0 Å². The van der Waals surface area contributed by atoms with Gasteiger partial charge in [0.25, 0.3) is 5.91 Å². The van der Waals surface area contributed by atoms with Crippen LogP contribution in [0.4, 0.5) is 0 Å². The second kappa shape index (κ2) is 13.9. The van der Waals surface area contributed by atoms with Crippen LogP contribution < -0.4 is 15.6 Å². The fraction of sp³-hybridized carbons (Fsp3) is 0.400. The summed E-state index contributed by atoms with van der Waals surface area (Å²) in [6.45, 7) is 4.34. The van der Waals surface area contributed by atoms with Gasteiger partial charge in [-0.15, -0.1) is 0 Å². The number of carbonyl (C=O) groups is 3. The quantitative estimate of drug-likeness (QED) is 0.298. The minimum absolute atomic E-state index is 0.108. The summed E-state index contributed by atoms with van der Waals surface area (Å²) in [6, 6.07) is 17.5. The van der Waals surface area contributed by atoms with Gasteiger partial charge in [0.05, 0.1) is 6.61 Å². The van der Waals surface area contributed by atoms with E-state index in [1.807, 2.05) is 54.6 Å². The Balaban J connectivity index is 1.50. The molecule has 0 fully saturated rings. The summed E-state index contributed by atoms with van der Waals surface area (Å²) in [5.41, 5.74) is 7.01. The average molecular weight is 441 g/mol. The molecule has 2 N–H and O–H groups in total. The normalized spacial score (nSPS) is 10.5. The zero-order valence-corrected chi connectivity index (χ0v) is 18.8. The van der Waals surface area contributed by atoms with Crippen molar-refractivity contribution >= 4 is 17.8 Å². The van der Waals surface area contributed by atoms with Gasteiger partial charge in [-0.05, 0) is 48.4 Å². The Morgan fingerprint density at radius 3 is 2.22 bits per heavy atom. The molecule has 2 amide bonds. The summed E-state index contributed by atoms with van der Waals surface area (Å²) in [5.74, 6) is -0.172. The molecule has 32 heavy (non-hydrogen) atoms. The maximum Gasteiger partial charge on any atom is 0.305 e. The fourth-order valence-electron chi connectivity index (χ4n) is 2.91. The van der Waals surface area contributed by atoms with E-state index in [1.165, 1.54) is 11.1 Å². The molecule has 2 rings (SSSR count). The molecule has 0 spiro atoms. The summed E-state index contributed by atoms with van der Waals surface area (Å²) in [5, 5.41) is 0. The summed E-state index contributed by atoms with van der Waals surface area (Å²) in [4.78, 5) is 35.3. The number of hydrogen-bond donors (Lipinski definition) is 2. The lowest BCUT2D eigenvalue weighted by molar-refractivity contribution is -0.144. The third-order valence-corrected chi connectivity index (χ3v) is 4.76. The van der Waals surface area contributed by atoms with Crippen LogP contribution in [0.2, 0.25) is 0 Å². The van der Waals surface area contributed by atoms with Gasteiger partial charge < -0.3 is 9.47 Å². The number of hydrogen-bond acceptors (Lipinski definition) is 5. The van der Waals surface area contributed by atoms with Crippen molar-refractivity contribution in [3.05, 3.63) is 65.7 Å². The second-order valence-electron chi connectivity index (χ2n) is 7.77. The molecule has 2 aromatic carbocycles. The monoisotopic (exact) mass is 440 g/mol. The number of hydrazine groups is 1. The summed E-state index contributed by atoms with van der Waals surface area (Å²) >= 11 is 0. The van der Waals surface area contributed by atoms with Crippen molar-refractivity contribution < 1.29 is 23.9 Å². The molecule has 0 atom stereocenters. The number of esters is 1. The minimum Gasteiger partial charge on any atom is -0.484 e. The predicted molar refractivity (Wildman–Crippen MR) is 122 cm³/mol. The third-order valence-electron chi connectivity index (χ3n) is 4.76. The van der Waals surface area contributed by atoms with Gasteiger partial charge in [0.15, 0.2) is 6.61 Å². The Bertz CT molecular complexity index is 850. The number of rotatable bonds is 12. The topological polar surface area (TPSA) is 93.7 Å². The van der Waals surface area contributed by atoms with E-state index in [4.69, 9.17) is 9.47 Å². The molecule has 2 aromatic rings. The molecule has 0 saturated carbocycles. The molecule has 7 nitrogen and oxygen atoms in total. The Kier molecular flexibility index (Phi) is 10.8. The van der Waals surface area contributed by atoms with Crippen LogP contribution in [0, 0.1) is 0 Å². The Labute approximate surface area is 189 Å². The predicted octanol–water partition coefficient (Wildman–Crippen LogP) is 3.68. The zero-order chi connectivity index (χ0) is 23.2. The molecular formula is C25H32N2O5. The SMILES string of the molecule is CC(C)c1ccc(OCC(=O)NNC(=O)CCCC(=O)OCCCc2ccccc2)cc1. The zero-order valence-electron chi connectivity index (χ0n) is 18.8.